The van der Waals surface area contributed by atoms with Crippen molar-refractivity contribution < 1.29 is 10.2 Å². The van der Waals surface area contributed by atoms with E-state index in [1.807, 2.05) is 0 Å². The lowest BCUT2D eigenvalue weighted by atomic mass is 10.0. The van der Waals surface area contributed by atoms with Gasteiger partial charge in [-0.25, -0.2) is 0 Å². The van der Waals surface area contributed by atoms with E-state index in [0.717, 1.165) is 0 Å². The van der Waals surface area contributed by atoms with Crippen molar-refractivity contribution in [2.75, 3.05) is 0 Å². The second-order valence-corrected chi connectivity index (χ2v) is 5.53. The quantitative estimate of drug-likeness (QED) is 0.482. The number of hydrogen-bond acceptors (Lipinski definition) is 2. The molecule has 0 aliphatic rings. The van der Waals surface area contributed by atoms with Gasteiger partial charge in [-0.2, -0.15) is 0 Å². The fourth-order valence-corrected chi connectivity index (χ4v) is 2.81. The van der Waals surface area contributed by atoms with Gasteiger partial charge in [-0.05, 0) is 12.1 Å². The molecule has 7 heteroatoms. The largest absolute Gasteiger partial charge is 0.507 e. The summed E-state index contributed by atoms with van der Waals surface area (Å²) in [6, 6.07) is 4.47. The maximum absolute atomic E-state index is 10.1. The predicted molar refractivity (Wildman–Crippen MR) is 80.3 cm³/mol. The van der Waals surface area contributed by atoms with E-state index in [1.165, 1.54) is 12.1 Å². The van der Waals surface area contributed by atoms with Crippen LogP contribution in [0.2, 0.25) is 25.1 Å². The third-order valence-corrected chi connectivity index (χ3v) is 4.59. The molecular formula is C12H5Cl5O2. The number of aromatic hydroxyl groups is 2. The Balaban J connectivity index is 2.92. The molecule has 2 rings (SSSR count). The van der Waals surface area contributed by atoms with Crippen molar-refractivity contribution in [3.05, 3.63) is 43.3 Å². The van der Waals surface area contributed by atoms with E-state index in [9.17, 15) is 10.2 Å². The van der Waals surface area contributed by atoms with Gasteiger partial charge >= 0.3 is 0 Å². The van der Waals surface area contributed by atoms with Crippen LogP contribution in [0.15, 0.2) is 18.2 Å². The van der Waals surface area contributed by atoms with Crippen LogP contribution in [0, 0.1) is 0 Å². The van der Waals surface area contributed by atoms with E-state index >= 15 is 0 Å². The lowest BCUT2D eigenvalue weighted by molar-refractivity contribution is 0.469. The first-order valence-electron chi connectivity index (χ1n) is 4.89. The Morgan fingerprint density at radius 2 is 1.26 bits per heavy atom. The summed E-state index contributed by atoms with van der Waals surface area (Å²) in [5.41, 5.74) is 0.163. The van der Waals surface area contributed by atoms with Gasteiger partial charge in [0, 0.05) is 5.56 Å². The number of benzene rings is 2. The molecule has 0 atom stereocenters. The van der Waals surface area contributed by atoms with Crippen molar-refractivity contribution in [2.24, 2.45) is 0 Å². The Kier molecular flexibility index (Phi) is 4.29. The standard InChI is InChI=1S/C12H5Cl5O2/c13-4-2-1-3-5(18)6(4)7-8(14)9(15)10(16)11(17)12(7)19/h1-3,18-19H. The molecule has 2 N–H and O–H groups in total. The van der Waals surface area contributed by atoms with Crippen LogP contribution in [0.5, 0.6) is 11.5 Å². The highest BCUT2D eigenvalue weighted by molar-refractivity contribution is 6.53. The first kappa shape index (κ1) is 14.9. The Labute approximate surface area is 134 Å². The smallest absolute Gasteiger partial charge is 0.145 e. The summed E-state index contributed by atoms with van der Waals surface area (Å²) in [4.78, 5) is 0. The molecule has 0 aromatic heterocycles. The molecular weight excluding hydrogens is 353 g/mol. The molecule has 0 saturated heterocycles. The topological polar surface area (TPSA) is 40.5 Å². The fourth-order valence-electron chi connectivity index (χ4n) is 1.61. The summed E-state index contributed by atoms with van der Waals surface area (Å²) in [7, 11) is 0. The monoisotopic (exact) mass is 356 g/mol. The molecule has 0 fully saturated rings. The van der Waals surface area contributed by atoms with Gasteiger partial charge in [-0.1, -0.05) is 64.1 Å². The average Bonchev–Trinajstić information content (AvgIpc) is 2.37. The van der Waals surface area contributed by atoms with Crippen molar-refractivity contribution in [1.82, 2.24) is 0 Å². The first-order chi connectivity index (χ1) is 8.86. The molecule has 2 aromatic carbocycles. The summed E-state index contributed by atoms with van der Waals surface area (Å²) in [5, 5.41) is 19.8. The van der Waals surface area contributed by atoms with Crippen LogP contribution in [0.4, 0.5) is 0 Å². The summed E-state index contributed by atoms with van der Waals surface area (Å²) in [6.07, 6.45) is 0. The molecule has 0 aliphatic heterocycles. The minimum Gasteiger partial charge on any atom is -0.507 e. The third-order valence-electron chi connectivity index (χ3n) is 2.48. The molecule has 0 aliphatic carbocycles. The molecule has 2 aromatic rings. The van der Waals surface area contributed by atoms with Crippen LogP contribution in [0.25, 0.3) is 11.1 Å². The highest BCUT2D eigenvalue weighted by atomic mass is 35.5. The molecule has 0 unspecified atom stereocenters. The van der Waals surface area contributed by atoms with Gasteiger partial charge < -0.3 is 10.2 Å². The van der Waals surface area contributed by atoms with Gasteiger partial charge in [-0.3, -0.25) is 0 Å². The molecule has 0 heterocycles. The fraction of sp³-hybridized carbons (Fsp3) is 0. The number of phenols is 2. The zero-order valence-corrected chi connectivity index (χ0v) is 12.8. The second kappa shape index (κ2) is 5.47. The lowest BCUT2D eigenvalue weighted by Crippen LogP contribution is -1.88. The van der Waals surface area contributed by atoms with E-state index < -0.39 is 5.75 Å². The molecule has 0 saturated carbocycles. The van der Waals surface area contributed by atoms with Crippen molar-refractivity contribution in [1.29, 1.82) is 0 Å². The zero-order valence-electron chi connectivity index (χ0n) is 9.02. The normalized spacial score (nSPS) is 10.8. The van der Waals surface area contributed by atoms with Crippen LogP contribution in [0.3, 0.4) is 0 Å². The molecule has 19 heavy (non-hydrogen) atoms. The third kappa shape index (κ3) is 2.44. The van der Waals surface area contributed by atoms with Crippen molar-refractivity contribution in [2.45, 2.75) is 0 Å². The summed E-state index contributed by atoms with van der Waals surface area (Å²) in [5.74, 6) is -0.566. The average molecular weight is 358 g/mol. The van der Waals surface area contributed by atoms with Gasteiger partial charge in [0.25, 0.3) is 0 Å². The number of halogens is 5. The Bertz CT molecular complexity index is 620. The van der Waals surface area contributed by atoms with E-state index in [-0.39, 0.29) is 42.0 Å². The molecule has 0 radical (unpaired) electrons. The number of rotatable bonds is 1. The van der Waals surface area contributed by atoms with Gasteiger partial charge in [0.05, 0.1) is 25.7 Å². The summed E-state index contributed by atoms with van der Waals surface area (Å²) >= 11 is 29.7. The maximum Gasteiger partial charge on any atom is 0.145 e. The molecule has 0 bridgehead atoms. The molecule has 0 amide bonds. The minimum atomic E-state index is -0.399. The minimum absolute atomic E-state index is 0.0274. The van der Waals surface area contributed by atoms with Crippen molar-refractivity contribution in [3.8, 4) is 22.6 Å². The van der Waals surface area contributed by atoms with Crippen LogP contribution in [-0.2, 0) is 0 Å². The zero-order chi connectivity index (χ0) is 14.3. The van der Waals surface area contributed by atoms with Crippen LogP contribution in [0.1, 0.15) is 0 Å². The highest BCUT2D eigenvalue weighted by Crippen LogP contribution is 2.52. The van der Waals surface area contributed by atoms with E-state index in [2.05, 4.69) is 0 Å². The number of phenolic OH excluding ortho intramolecular Hbond substituents is 2. The first-order valence-corrected chi connectivity index (χ1v) is 6.78. The summed E-state index contributed by atoms with van der Waals surface area (Å²) in [6.45, 7) is 0. The van der Waals surface area contributed by atoms with E-state index in [1.54, 1.807) is 6.07 Å². The summed E-state index contributed by atoms with van der Waals surface area (Å²) < 4.78 is 0. The van der Waals surface area contributed by atoms with Gasteiger partial charge in [0.2, 0.25) is 0 Å². The Morgan fingerprint density at radius 3 is 1.84 bits per heavy atom. The van der Waals surface area contributed by atoms with E-state index in [0.29, 0.717) is 0 Å². The Morgan fingerprint density at radius 1 is 0.684 bits per heavy atom. The van der Waals surface area contributed by atoms with Crippen molar-refractivity contribution >= 4 is 58.0 Å². The van der Waals surface area contributed by atoms with Gasteiger partial charge in [0.15, 0.2) is 0 Å². The number of hydrogen-bond donors (Lipinski definition) is 2. The maximum atomic E-state index is 10.1. The van der Waals surface area contributed by atoms with Gasteiger partial charge in [0.1, 0.15) is 16.5 Å². The van der Waals surface area contributed by atoms with E-state index in [4.69, 9.17) is 58.0 Å². The predicted octanol–water partition coefficient (Wildman–Crippen LogP) is 6.03. The lowest BCUT2D eigenvalue weighted by Gasteiger charge is -2.14. The highest BCUT2D eigenvalue weighted by Gasteiger charge is 2.24. The molecule has 0 spiro atoms. The second-order valence-electron chi connectivity index (χ2n) is 3.61. The van der Waals surface area contributed by atoms with Crippen LogP contribution in [-0.4, -0.2) is 10.2 Å². The molecule has 2 nitrogen and oxygen atoms in total. The van der Waals surface area contributed by atoms with Crippen molar-refractivity contribution in [3.63, 3.8) is 0 Å². The van der Waals surface area contributed by atoms with Crippen LogP contribution >= 0.6 is 58.0 Å². The van der Waals surface area contributed by atoms with Crippen LogP contribution < -0.4 is 0 Å². The molecule has 100 valence electrons. The Hall–Kier alpha value is -0.510. The van der Waals surface area contributed by atoms with Gasteiger partial charge in [-0.15, -0.1) is 0 Å². The SMILES string of the molecule is Oc1cccc(Cl)c1-c1c(O)c(Cl)c(Cl)c(Cl)c1Cl.